The first kappa shape index (κ1) is 35.1. The van der Waals surface area contributed by atoms with Crippen LogP contribution in [0.4, 0.5) is 4.79 Å². The average Bonchev–Trinajstić information content (AvgIpc) is 2.82. The maximum absolute atomic E-state index is 11.8. The summed E-state index contributed by atoms with van der Waals surface area (Å²) in [5.74, 6) is 0. The topological polar surface area (TPSA) is 75.7 Å². The van der Waals surface area contributed by atoms with E-state index in [0.717, 1.165) is 13.0 Å². The highest BCUT2D eigenvalue weighted by atomic mass is 16.6. The second-order valence-corrected chi connectivity index (χ2v) is 10.1. The molecule has 8 heteroatoms. The summed E-state index contributed by atoms with van der Waals surface area (Å²) in [6.07, 6.45) is 13.1. The predicted octanol–water partition coefficient (Wildman–Crippen LogP) is 5.86. The number of carbonyl (C=O) groups is 1. The highest BCUT2D eigenvalue weighted by molar-refractivity contribution is 5.67. The van der Waals surface area contributed by atoms with E-state index in [1.54, 1.807) is 7.05 Å². The summed E-state index contributed by atoms with van der Waals surface area (Å²) >= 11 is 0. The van der Waals surface area contributed by atoms with Crippen LogP contribution in [0.1, 0.15) is 91.9 Å². The molecule has 0 aliphatic rings. The van der Waals surface area contributed by atoms with Gasteiger partial charge in [-0.25, -0.2) is 4.79 Å². The lowest BCUT2D eigenvalue weighted by Gasteiger charge is -2.24. The third-order valence-corrected chi connectivity index (χ3v) is 5.41. The van der Waals surface area contributed by atoms with E-state index in [-0.39, 0.29) is 6.09 Å². The number of nitrogens with zero attached hydrogens (tertiary/aromatic N) is 1. The quantitative estimate of drug-likeness (QED) is 0.133. The standard InChI is InChI=1S/C28H57NO7/c1-6-7-8-9-10-11-12-13-14-15-17-31-19-21-33-23-25-35-26-24-34-22-20-32-18-16-29(5)27(30)36-28(2,3)4/h6-26H2,1-5H3. The van der Waals surface area contributed by atoms with Gasteiger partial charge < -0.3 is 33.3 Å². The molecule has 216 valence electrons. The van der Waals surface area contributed by atoms with Crippen LogP contribution in [0.15, 0.2) is 0 Å². The molecular formula is C28H57NO7. The third kappa shape index (κ3) is 27.7. The Kier molecular flexibility index (Phi) is 25.0. The summed E-state index contributed by atoms with van der Waals surface area (Å²) in [7, 11) is 1.70. The largest absolute Gasteiger partial charge is 0.444 e. The van der Waals surface area contributed by atoms with Crippen LogP contribution in [0.5, 0.6) is 0 Å². The minimum Gasteiger partial charge on any atom is -0.444 e. The molecule has 0 unspecified atom stereocenters. The summed E-state index contributed by atoms with van der Waals surface area (Å²) < 4.78 is 32.9. The summed E-state index contributed by atoms with van der Waals surface area (Å²) in [5.41, 5.74) is -0.491. The third-order valence-electron chi connectivity index (χ3n) is 5.41. The van der Waals surface area contributed by atoms with Crippen LogP contribution in [-0.2, 0) is 28.4 Å². The molecule has 0 spiro atoms. The maximum atomic E-state index is 11.8. The molecule has 0 radical (unpaired) electrons. The van der Waals surface area contributed by atoms with Crippen molar-refractivity contribution in [2.24, 2.45) is 0 Å². The lowest BCUT2D eigenvalue weighted by atomic mass is 10.1. The van der Waals surface area contributed by atoms with Crippen LogP contribution >= 0.6 is 0 Å². The Morgan fingerprint density at radius 1 is 0.556 bits per heavy atom. The lowest BCUT2D eigenvalue weighted by molar-refractivity contribution is -0.0132. The van der Waals surface area contributed by atoms with E-state index in [1.807, 2.05) is 20.8 Å². The van der Waals surface area contributed by atoms with Crippen molar-refractivity contribution >= 4 is 6.09 Å². The Morgan fingerprint density at radius 3 is 1.33 bits per heavy atom. The van der Waals surface area contributed by atoms with E-state index in [0.29, 0.717) is 66.0 Å². The van der Waals surface area contributed by atoms with Gasteiger partial charge in [-0.05, 0) is 27.2 Å². The monoisotopic (exact) mass is 519 g/mol. The van der Waals surface area contributed by atoms with Crippen LogP contribution in [-0.4, -0.2) is 96.3 Å². The number of unbranched alkanes of at least 4 members (excludes halogenated alkanes) is 9. The molecule has 0 rings (SSSR count). The Hall–Kier alpha value is -0.930. The number of hydrogen-bond donors (Lipinski definition) is 0. The van der Waals surface area contributed by atoms with E-state index in [9.17, 15) is 4.79 Å². The van der Waals surface area contributed by atoms with Crippen LogP contribution in [0.25, 0.3) is 0 Å². The second kappa shape index (κ2) is 25.7. The van der Waals surface area contributed by atoms with Crippen molar-refractivity contribution in [3.8, 4) is 0 Å². The fourth-order valence-electron chi connectivity index (χ4n) is 3.31. The van der Waals surface area contributed by atoms with Crippen LogP contribution in [0, 0.1) is 0 Å². The molecule has 0 fully saturated rings. The number of ether oxygens (including phenoxy) is 6. The number of carbonyl (C=O) groups excluding carboxylic acids is 1. The van der Waals surface area contributed by atoms with Gasteiger partial charge in [0.1, 0.15) is 5.60 Å². The van der Waals surface area contributed by atoms with Gasteiger partial charge >= 0.3 is 6.09 Å². The van der Waals surface area contributed by atoms with Gasteiger partial charge in [-0.2, -0.15) is 0 Å². The maximum Gasteiger partial charge on any atom is 0.410 e. The van der Waals surface area contributed by atoms with Gasteiger partial charge in [-0.1, -0.05) is 64.7 Å². The van der Waals surface area contributed by atoms with Crippen molar-refractivity contribution in [1.82, 2.24) is 4.90 Å². The molecule has 0 aromatic heterocycles. The van der Waals surface area contributed by atoms with Gasteiger partial charge in [0.15, 0.2) is 0 Å². The first-order valence-electron chi connectivity index (χ1n) is 14.2. The Labute approximate surface area is 221 Å². The number of likely N-dealkylation sites (N-methyl/N-ethyl adjacent to an activating group) is 1. The van der Waals surface area contributed by atoms with Crippen molar-refractivity contribution in [1.29, 1.82) is 0 Å². The Balaban J connectivity index is 3.17. The first-order valence-corrected chi connectivity index (χ1v) is 14.2. The molecule has 0 atom stereocenters. The molecular weight excluding hydrogens is 462 g/mol. The Bertz CT molecular complexity index is 471. The lowest BCUT2D eigenvalue weighted by Crippen LogP contribution is -2.36. The van der Waals surface area contributed by atoms with Crippen molar-refractivity contribution in [3.63, 3.8) is 0 Å². The molecule has 0 aliphatic carbocycles. The van der Waals surface area contributed by atoms with Crippen molar-refractivity contribution in [2.75, 3.05) is 79.7 Å². The second-order valence-electron chi connectivity index (χ2n) is 10.1. The molecule has 36 heavy (non-hydrogen) atoms. The minimum atomic E-state index is -0.491. The highest BCUT2D eigenvalue weighted by Crippen LogP contribution is 2.10. The highest BCUT2D eigenvalue weighted by Gasteiger charge is 2.19. The van der Waals surface area contributed by atoms with Crippen LogP contribution in [0.2, 0.25) is 0 Å². The molecule has 1 amide bonds. The Morgan fingerprint density at radius 2 is 0.917 bits per heavy atom. The van der Waals surface area contributed by atoms with Gasteiger partial charge in [-0.3, -0.25) is 0 Å². The number of amides is 1. The smallest absolute Gasteiger partial charge is 0.410 e. The van der Waals surface area contributed by atoms with E-state index in [1.165, 1.54) is 62.7 Å². The van der Waals surface area contributed by atoms with E-state index >= 15 is 0 Å². The average molecular weight is 520 g/mol. The molecule has 0 aromatic carbocycles. The van der Waals surface area contributed by atoms with E-state index in [2.05, 4.69) is 6.92 Å². The zero-order valence-electron chi connectivity index (χ0n) is 24.2. The normalized spacial score (nSPS) is 11.7. The fourth-order valence-corrected chi connectivity index (χ4v) is 3.31. The minimum absolute atomic E-state index is 0.347. The zero-order valence-corrected chi connectivity index (χ0v) is 24.2. The molecule has 0 aromatic rings. The van der Waals surface area contributed by atoms with E-state index in [4.69, 9.17) is 28.4 Å². The molecule has 0 heterocycles. The van der Waals surface area contributed by atoms with Gasteiger partial charge in [-0.15, -0.1) is 0 Å². The summed E-state index contributed by atoms with van der Waals surface area (Å²) in [4.78, 5) is 13.3. The molecule has 0 N–H and O–H groups in total. The van der Waals surface area contributed by atoms with Crippen molar-refractivity contribution in [3.05, 3.63) is 0 Å². The van der Waals surface area contributed by atoms with Gasteiger partial charge in [0.2, 0.25) is 0 Å². The summed E-state index contributed by atoms with van der Waals surface area (Å²) in [6, 6.07) is 0. The van der Waals surface area contributed by atoms with Crippen LogP contribution in [0.3, 0.4) is 0 Å². The van der Waals surface area contributed by atoms with Gasteiger partial charge in [0.25, 0.3) is 0 Å². The van der Waals surface area contributed by atoms with Crippen molar-refractivity contribution < 1.29 is 33.2 Å². The SMILES string of the molecule is CCCCCCCCCCCCOCCOCCOCCOCCOCCN(C)C(=O)OC(C)(C)C. The van der Waals surface area contributed by atoms with Crippen LogP contribution < -0.4 is 0 Å². The molecule has 0 saturated heterocycles. The number of rotatable bonds is 26. The summed E-state index contributed by atoms with van der Waals surface area (Å²) in [6.45, 7) is 13.9. The fraction of sp³-hybridized carbons (Fsp3) is 0.964. The molecule has 8 nitrogen and oxygen atoms in total. The van der Waals surface area contributed by atoms with Gasteiger partial charge in [0, 0.05) is 20.2 Å². The summed E-state index contributed by atoms with van der Waals surface area (Å²) in [5, 5.41) is 0. The zero-order chi connectivity index (χ0) is 26.7. The van der Waals surface area contributed by atoms with Crippen molar-refractivity contribution in [2.45, 2.75) is 97.5 Å². The molecule has 0 saturated carbocycles. The molecule has 0 bridgehead atoms. The molecule has 0 aliphatic heterocycles. The van der Waals surface area contributed by atoms with E-state index < -0.39 is 5.60 Å². The van der Waals surface area contributed by atoms with Gasteiger partial charge in [0.05, 0.1) is 59.5 Å². The number of hydrogen-bond acceptors (Lipinski definition) is 7. The predicted molar refractivity (Wildman–Crippen MR) is 145 cm³/mol. The first-order chi connectivity index (χ1) is 17.4.